The lowest BCUT2D eigenvalue weighted by Crippen LogP contribution is -2.53. The summed E-state index contributed by atoms with van der Waals surface area (Å²) in [7, 11) is 0. The van der Waals surface area contributed by atoms with Crippen molar-refractivity contribution < 1.29 is 4.79 Å². The fraction of sp³-hybridized carbons (Fsp3) is 0.444. The zero-order chi connectivity index (χ0) is 22.3. The van der Waals surface area contributed by atoms with E-state index in [0.29, 0.717) is 6.54 Å². The van der Waals surface area contributed by atoms with Gasteiger partial charge in [0.2, 0.25) is 5.91 Å². The van der Waals surface area contributed by atoms with Gasteiger partial charge >= 0.3 is 0 Å². The van der Waals surface area contributed by atoms with E-state index in [1.165, 1.54) is 22.4 Å². The molecule has 1 amide bonds. The van der Waals surface area contributed by atoms with Crippen LogP contribution in [0.25, 0.3) is 6.08 Å². The molecule has 5 heteroatoms. The van der Waals surface area contributed by atoms with Crippen LogP contribution in [0.15, 0.2) is 54.6 Å². The second-order valence-corrected chi connectivity index (χ2v) is 8.98. The smallest absolute Gasteiger partial charge is 0.236 e. The molecule has 2 aromatic carbocycles. The van der Waals surface area contributed by atoms with Crippen LogP contribution in [-0.2, 0) is 4.79 Å². The molecule has 0 radical (unpaired) electrons. The first kappa shape index (κ1) is 22.6. The van der Waals surface area contributed by atoms with Crippen molar-refractivity contribution in [2.24, 2.45) is 0 Å². The summed E-state index contributed by atoms with van der Waals surface area (Å²) in [6.07, 6.45) is 4.40. The molecule has 0 unspecified atom stereocenters. The summed E-state index contributed by atoms with van der Waals surface area (Å²) in [5.74, 6) is 0.282. The average Bonchev–Trinajstić information content (AvgIpc) is 2.83. The number of nitrogens with zero attached hydrogens (tertiary/aromatic N) is 4. The van der Waals surface area contributed by atoms with Crippen molar-refractivity contribution in [3.8, 4) is 0 Å². The van der Waals surface area contributed by atoms with Gasteiger partial charge in [0, 0.05) is 64.6 Å². The van der Waals surface area contributed by atoms with Gasteiger partial charge in [-0.15, -0.1) is 0 Å². The van der Waals surface area contributed by atoms with Gasteiger partial charge in [-0.05, 0) is 36.6 Å². The summed E-state index contributed by atoms with van der Waals surface area (Å²) in [5.41, 5.74) is 5.29. The van der Waals surface area contributed by atoms with Crippen molar-refractivity contribution in [3.63, 3.8) is 0 Å². The Morgan fingerprint density at radius 3 is 2.22 bits per heavy atom. The van der Waals surface area contributed by atoms with Crippen LogP contribution in [0.5, 0.6) is 0 Å². The zero-order valence-corrected chi connectivity index (χ0v) is 19.5. The van der Waals surface area contributed by atoms with Crippen LogP contribution in [0.2, 0.25) is 0 Å². The van der Waals surface area contributed by atoms with Gasteiger partial charge < -0.3 is 9.80 Å². The van der Waals surface area contributed by atoms with Crippen molar-refractivity contribution in [2.45, 2.75) is 13.8 Å². The molecule has 0 aromatic heterocycles. The molecule has 4 rings (SSSR count). The van der Waals surface area contributed by atoms with E-state index in [1.807, 2.05) is 6.07 Å². The predicted molar refractivity (Wildman–Crippen MR) is 133 cm³/mol. The first-order valence-electron chi connectivity index (χ1n) is 11.9. The first-order chi connectivity index (χ1) is 15.6. The molecule has 0 N–H and O–H groups in total. The molecule has 0 spiro atoms. The number of carbonyl (C=O) groups excluding carboxylic acids is 1. The Labute approximate surface area is 192 Å². The minimum absolute atomic E-state index is 0.282. The number of piperazine rings is 2. The SMILES string of the molecule is Cc1cccc(N2CCN(CC(=O)N3CCN(C/C=C/c4ccccc4)CC3)CC2)c1C. The van der Waals surface area contributed by atoms with Gasteiger partial charge in [-0.3, -0.25) is 14.6 Å². The summed E-state index contributed by atoms with van der Waals surface area (Å²) in [6, 6.07) is 16.9. The Kier molecular flexibility index (Phi) is 7.61. The van der Waals surface area contributed by atoms with Gasteiger partial charge in [0.1, 0.15) is 0 Å². The third kappa shape index (κ3) is 5.78. The maximum absolute atomic E-state index is 12.9. The van der Waals surface area contributed by atoms with Crippen molar-refractivity contribution in [1.82, 2.24) is 14.7 Å². The summed E-state index contributed by atoms with van der Waals surface area (Å²) in [6.45, 7) is 13.3. The molecular weight excluding hydrogens is 396 g/mol. The van der Waals surface area contributed by atoms with Gasteiger partial charge in [-0.2, -0.15) is 0 Å². The second-order valence-electron chi connectivity index (χ2n) is 8.98. The molecule has 0 aliphatic carbocycles. The van der Waals surface area contributed by atoms with Crippen molar-refractivity contribution in [3.05, 3.63) is 71.3 Å². The number of carbonyl (C=O) groups is 1. The van der Waals surface area contributed by atoms with E-state index in [4.69, 9.17) is 0 Å². The van der Waals surface area contributed by atoms with E-state index in [2.05, 4.69) is 88.1 Å². The Hall–Kier alpha value is -2.63. The number of benzene rings is 2. The number of rotatable bonds is 6. The van der Waals surface area contributed by atoms with Gasteiger partial charge in [-0.1, -0.05) is 54.6 Å². The number of amides is 1. The first-order valence-corrected chi connectivity index (χ1v) is 11.9. The van der Waals surface area contributed by atoms with E-state index in [1.54, 1.807) is 0 Å². The molecule has 0 atom stereocenters. The standard InChI is InChI=1S/C27H36N4O/c1-23-8-6-12-26(24(23)2)30-18-16-29(17-19-30)22-27(32)31-20-14-28(15-21-31)13-7-11-25-9-4-3-5-10-25/h3-12H,13-22H2,1-2H3/b11-7+. The maximum atomic E-state index is 12.9. The lowest BCUT2D eigenvalue weighted by Gasteiger charge is -2.39. The van der Waals surface area contributed by atoms with Crippen molar-refractivity contribution in [2.75, 3.05) is 70.3 Å². The van der Waals surface area contributed by atoms with Gasteiger partial charge in [-0.25, -0.2) is 0 Å². The highest BCUT2D eigenvalue weighted by atomic mass is 16.2. The molecule has 170 valence electrons. The normalized spacial score (nSPS) is 18.4. The summed E-state index contributed by atoms with van der Waals surface area (Å²) in [5, 5.41) is 0. The van der Waals surface area contributed by atoms with E-state index < -0.39 is 0 Å². The van der Waals surface area contributed by atoms with E-state index in [-0.39, 0.29) is 5.91 Å². The molecule has 0 bridgehead atoms. The van der Waals surface area contributed by atoms with Crippen LogP contribution >= 0.6 is 0 Å². The van der Waals surface area contributed by atoms with E-state index in [9.17, 15) is 4.79 Å². The van der Waals surface area contributed by atoms with Crippen LogP contribution in [0.4, 0.5) is 5.69 Å². The predicted octanol–water partition coefficient (Wildman–Crippen LogP) is 3.28. The zero-order valence-electron chi connectivity index (χ0n) is 19.5. The topological polar surface area (TPSA) is 30.0 Å². The molecule has 2 heterocycles. The third-order valence-corrected chi connectivity index (χ3v) is 6.85. The average molecular weight is 433 g/mol. The maximum Gasteiger partial charge on any atom is 0.236 e. The number of aryl methyl sites for hydroxylation is 1. The third-order valence-electron chi connectivity index (χ3n) is 6.85. The lowest BCUT2D eigenvalue weighted by atomic mass is 10.1. The Morgan fingerprint density at radius 2 is 1.50 bits per heavy atom. The number of hydrogen-bond acceptors (Lipinski definition) is 4. The number of hydrogen-bond donors (Lipinski definition) is 0. The Morgan fingerprint density at radius 1 is 0.812 bits per heavy atom. The highest BCUT2D eigenvalue weighted by Crippen LogP contribution is 2.23. The number of anilines is 1. The summed E-state index contributed by atoms with van der Waals surface area (Å²) < 4.78 is 0. The van der Waals surface area contributed by atoms with Crippen molar-refractivity contribution >= 4 is 17.7 Å². The molecule has 5 nitrogen and oxygen atoms in total. The van der Waals surface area contributed by atoms with Crippen LogP contribution in [-0.4, -0.2) is 86.1 Å². The molecule has 2 aliphatic heterocycles. The lowest BCUT2D eigenvalue weighted by molar-refractivity contribution is -0.134. The van der Waals surface area contributed by atoms with Gasteiger partial charge in [0.05, 0.1) is 6.54 Å². The molecule has 2 aliphatic rings. The molecular formula is C27H36N4O. The minimum atomic E-state index is 0.282. The fourth-order valence-electron chi connectivity index (χ4n) is 4.60. The van der Waals surface area contributed by atoms with Crippen molar-refractivity contribution in [1.29, 1.82) is 0 Å². The summed E-state index contributed by atoms with van der Waals surface area (Å²) >= 11 is 0. The van der Waals surface area contributed by atoms with Crippen LogP contribution < -0.4 is 4.90 Å². The van der Waals surface area contributed by atoms with Gasteiger partial charge in [0.15, 0.2) is 0 Å². The quantitative estimate of drug-likeness (QED) is 0.701. The molecule has 2 saturated heterocycles. The Bertz CT molecular complexity index is 911. The minimum Gasteiger partial charge on any atom is -0.369 e. The fourth-order valence-corrected chi connectivity index (χ4v) is 4.60. The largest absolute Gasteiger partial charge is 0.369 e. The molecule has 0 saturated carbocycles. The molecule has 2 aromatic rings. The van der Waals surface area contributed by atoms with Gasteiger partial charge in [0.25, 0.3) is 0 Å². The van der Waals surface area contributed by atoms with Crippen LogP contribution in [0, 0.1) is 13.8 Å². The van der Waals surface area contributed by atoms with E-state index in [0.717, 1.165) is 58.9 Å². The second kappa shape index (κ2) is 10.8. The van der Waals surface area contributed by atoms with E-state index >= 15 is 0 Å². The Balaban J connectivity index is 1.18. The molecule has 2 fully saturated rings. The monoisotopic (exact) mass is 432 g/mol. The molecule has 32 heavy (non-hydrogen) atoms. The summed E-state index contributed by atoms with van der Waals surface area (Å²) in [4.78, 5) is 22.1. The van der Waals surface area contributed by atoms with Crippen LogP contribution in [0.3, 0.4) is 0 Å². The highest BCUT2D eigenvalue weighted by Gasteiger charge is 2.25. The van der Waals surface area contributed by atoms with Crippen LogP contribution in [0.1, 0.15) is 16.7 Å². The highest BCUT2D eigenvalue weighted by molar-refractivity contribution is 5.78.